The normalized spacial score (nSPS) is 9.76. The van der Waals surface area contributed by atoms with E-state index in [4.69, 9.17) is 10.5 Å². The fraction of sp³-hybridized carbons (Fsp3) is 0.200. The van der Waals surface area contributed by atoms with E-state index in [1.165, 1.54) is 19.2 Å². The van der Waals surface area contributed by atoms with Gasteiger partial charge in [0.25, 0.3) is 5.91 Å². The molecule has 0 spiro atoms. The zero-order valence-corrected chi connectivity index (χ0v) is 9.03. The molecule has 0 saturated carbocycles. The number of benzene rings is 1. The Hall–Kier alpha value is -2.15. The largest absolute Gasteiger partial charge is 0.494 e. The number of rotatable bonds is 5. The van der Waals surface area contributed by atoms with Crippen LogP contribution in [0.15, 0.2) is 18.2 Å². The third-order valence-electron chi connectivity index (χ3n) is 1.79. The van der Waals surface area contributed by atoms with Crippen molar-refractivity contribution in [3.05, 3.63) is 29.6 Å². The van der Waals surface area contributed by atoms with E-state index in [0.29, 0.717) is 0 Å². The Morgan fingerprint density at radius 2 is 2.18 bits per heavy atom. The number of carbonyl (C=O) groups excluding carboxylic acids is 2. The topological polar surface area (TPSA) is 90.7 Å². The zero-order chi connectivity index (χ0) is 12.8. The van der Waals surface area contributed by atoms with E-state index >= 15 is 0 Å². The summed E-state index contributed by atoms with van der Waals surface area (Å²) in [5.41, 5.74) is 6.91. The van der Waals surface area contributed by atoms with E-state index in [1.807, 2.05) is 5.48 Å². The molecule has 1 aromatic rings. The lowest BCUT2D eigenvalue weighted by atomic mass is 10.2. The summed E-state index contributed by atoms with van der Waals surface area (Å²) in [4.78, 5) is 26.3. The number of halogens is 1. The van der Waals surface area contributed by atoms with Gasteiger partial charge in [-0.1, -0.05) is 0 Å². The first-order valence-electron chi connectivity index (χ1n) is 4.58. The molecule has 1 aromatic carbocycles. The molecule has 0 atom stereocenters. The van der Waals surface area contributed by atoms with E-state index in [0.717, 1.165) is 6.07 Å². The van der Waals surface area contributed by atoms with Gasteiger partial charge in [0.1, 0.15) is 0 Å². The average Bonchev–Trinajstić information content (AvgIpc) is 2.29. The molecule has 0 radical (unpaired) electrons. The van der Waals surface area contributed by atoms with Gasteiger partial charge in [0.2, 0.25) is 5.91 Å². The highest BCUT2D eigenvalue weighted by Gasteiger charge is 2.10. The number of nitrogens with two attached hydrogens (primary N) is 1. The third-order valence-corrected chi connectivity index (χ3v) is 1.79. The summed E-state index contributed by atoms with van der Waals surface area (Å²) in [5, 5.41) is 0. The van der Waals surface area contributed by atoms with Crippen LogP contribution in [0, 0.1) is 5.82 Å². The molecule has 0 unspecified atom stereocenters. The lowest BCUT2D eigenvalue weighted by Gasteiger charge is -2.06. The van der Waals surface area contributed by atoms with Crippen LogP contribution in [0.2, 0.25) is 0 Å². The third kappa shape index (κ3) is 3.72. The number of hydrogen-bond donors (Lipinski definition) is 2. The fourth-order valence-electron chi connectivity index (χ4n) is 1.03. The summed E-state index contributed by atoms with van der Waals surface area (Å²) < 4.78 is 17.8. The van der Waals surface area contributed by atoms with Gasteiger partial charge in [0.05, 0.1) is 7.11 Å². The molecule has 0 heterocycles. The van der Waals surface area contributed by atoms with Crippen LogP contribution < -0.4 is 16.0 Å². The summed E-state index contributed by atoms with van der Waals surface area (Å²) >= 11 is 0. The van der Waals surface area contributed by atoms with Crippen molar-refractivity contribution in [2.75, 3.05) is 13.7 Å². The number of primary amides is 1. The summed E-state index contributed by atoms with van der Waals surface area (Å²) in [5.74, 6) is -2.00. The lowest BCUT2D eigenvalue weighted by Crippen LogP contribution is -2.29. The predicted octanol–water partition coefficient (Wildman–Crippen LogP) is -0.0190. The Morgan fingerprint density at radius 3 is 2.76 bits per heavy atom. The first-order chi connectivity index (χ1) is 8.04. The highest BCUT2D eigenvalue weighted by Crippen LogP contribution is 2.17. The highest BCUT2D eigenvalue weighted by molar-refractivity contribution is 5.94. The molecular weight excluding hydrogens is 231 g/mol. The van der Waals surface area contributed by atoms with Crippen molar-refractivity contribution in [3.8, 4) is 5.75 Å². The fourth-order valence-corrected chi connectivity index (χ4v) is 1.03. The Kier molecular flexibility index (Phi) is 4.41. The monoisotopic (exact) mass is 242 g/mol. The summed E-state index contributed by atoms with van der Waals surface area (Å²) in [7, 11) is 1.28. The van der Waals surface area contributed by atoms with E-state index < -0.39 is 24.2 Å². The van der Waals surface area contributed by atoms with Crippen LogP contribution in [0.4, 0.5) is 4.39 Å². The molecule has 2 amide bonds. The quantitative estimate of drug-likeness (QED) is 0.710. The Balaban J connectivity index is 2.66. The molecule has 0 bridgehead atoms. The minimum absolute atomic E-state index is 0.0625. The van der Waals surface area contributed by atoms with Crippen molar-refractivity contribution in [2.24, 2.45) is 5.73 Å². The van der Waals surface area contributed by atoms with Crippen molar-refractivity contribution >= 4 is 11.8 Å². The van der Waals surface area contributed by atoms with Gasteiger partial charge >= 0.3 is 0 Å². The van der Waals surface area contributed by atoms with E-state index in [1.54, 1.807) is 0 Å². The van der Waals surface area contributed by atoms with Crippen LogP contribution in [0.3, 0.4) is 0 Å². The van der Waals surface area contributed by atoms with Crippen LogP contribution >= 0.6 is 0 Å². The zero-order valence-electron chi connectivity index (χ0n) is 9.03. The van der Waals surface area contributed by atoms with Crippen LogP contribution in [0.25, 0.3) is 0 Å². The molecule has 92 valence electrons. The minimum atomic E-state index is -0.720. The maximum Gasteiger partial charge on any atom is 0.274 e. The number of hydroxylamine groups is 1. The van der Waals surface area contributed by atoms with Crippen molar-refractivity contribution in [3.63, 3.8) is 0 Å². The van der Waals surface area contributed by atoms with Gasteiger partial charge in [-0.2, -0.15) is 0 Å². The van der Waals surface area contributed by atoms with Crippen LogP contribution in [-0.4, -0.2) is 25.5 Å². The van der Waals surface area contributed by atoms with E-state index in [2.05, 4.69) is 4.84 Å². The second-order valence-corrected chi connectivity index (χ2v) is 3.04. The van der Waals surface area contributed by atoms with Crippen molar-refractivity contribution in [2.45, 2.75) is 0 Å². The van der Waals surface area contributed by atoms with Gasteiger partial charge in [-0.15, -0.1) is 0 Å². The summed E-state index contributed by atoms with van der Waals surface area (Å²) in [6.07, 6.45) is 0. The molecule has 0 aliphatic carbocycles. The molecule has 0 aliphatic heterocycles. The SMILES string of the molecule is COc1cc(C(=O)NOCC(N)=O)ccc1F. The van der Waals surface area contributed by atoms with E-state index in [9.17, 15) is 14.0 Å². The number of ether oxygens (including phenoxy) is 1. The molecule has 0 fully saturated rings. The second kappa shape index (κ2) is 5.80. The molecule has 17 heavy (non-hydrogen) atoms. The standard InChI is InChI=1S/C10H11FN2O4/c1-16-8-4-6(2-3-7(8)11)10(15)13-17-5-9(12)14/h2-4H,5H2,1H3,(H2,12,14)(H,13,15). The summed E-state index contributed by atoms with van der Waals surface area (Å²) in [6, 6.07) is 3.54. The van der Waals surface area contributed by atoms with Gasteiger partial charge in [-0.25, -0.2) is 9.87 Å². The van der Waals surface area contributed by atoms with Gasteiger partial charge in [-0.05, 0) is 18.2 Å². The van der Waals surface area contributed by atoms with Crippen LogP contribution in [0.5, 0.6) is 5.75 Å². The highest BCUT2D eigenvalue weighted by atomic mass is 19.1. The first kappa shape index (κ1) is 12.9. The number of methoxy groups -OCH3 is 1. The predicted molar refractivity (Wildman–Crippen MR) is 55.6 cm³/mol. The number of nitrogens with one attached hydrogen (secondary N) is 1. The van der Waals surface area contributed by atoms with Gasteiger partial charge in [-0.3, -0.25) is 14.4 Å². The van der Waals surface area contributed by atoms with E-state index in [-0.39, 0.29) is 11.3 Å². The maximum absolute atomic E-state index is 13.0. The molecule has 1 rings (SSSR count). The molecule has 7 heteroatoms. The molecule has 0 aliphatic rings. The Morgan fingerprint density at radius 1 is 1.47 bits per heavy atom. The molecule has 3 N–H and O–H groups in total. The first-order valence-corrected chi connectivity index (χ1v) is 4.58. The second-order valence-electron chi connectivity index (χ2n) is 3.04. The Bertz CT molecular complexity index is 436. The van der Waals surface area contributed by atoms with Gasteiger partial charge in [0, 0.05) is 5.56 Å². The number of hydrogen-bond acceptors (Lipinski definition) is 4. The maximum atomic E-state index is 13.0. The smallest absolute Gasteiger partial charge is 0.274 e. The minimum Gasteiger partial charge on any atom is -0.494 e. The van der Waals surface area contributed by atoms with Gasteiger partial charge in [0.15, 0.2) is 18.2 Å². The molecule has 6 nitrogen and oxygen atoms in total. The average molecular weight is 242 g/mol. The molecular formula is C10H11FN2O4. The van der Waals surface area contributed by atoms with Crippen molar-refractivity contribution in [1.29, 1.82) is 0 Å². The number of carbonyl (C=O) groups is 2. The summed E-state index contributed by atoms with van der Waals surface area (Å²) in [6.45, 7) is -0.440. The lowest BCUT2D eigenvalue weighted by molar-refractivity contribution is -0.124. The van der Waals surface area contributed by atoms with Gasteiger partial charge < -0.3 is 10.5 Å². The van der Waals surface area contributed by atoms with Crippen LogP contribution in [-0.2, 0) is 9.63 Å². The van der Waals surface area contributed by atoms with Crippen LogP contribution in [0.1, 0.15) is 10.4 Å². The number of amides is 2. The Labute approximate surface area is 96.5 Å². The van der Waals surface area contributed by atoms with Crippen molar-refractivity contribution < 1.29 is 23.6 Å². The van der Waals surface area contributed by atoms with Crippen molar-refractivity contribution in [1.82, 2.24) is 5.48 Å². The molecule has 0 saturated heterocycles. The molecule has 0 aromatic heterocycles.